The monoisotopic (exact) mass is 481 g/mol. The van der Waals surface area contributed by atoms with E-state index in [1.54, 1.807) is 30.3 Å². The van der Waals surface area contributed by atoms with Crippen LogP contribution in [0.4, 0.5) is 5.95 Å². The van der Waals surface area contributed by atoms with Gasteiger partial charge in [-0.1, -0.05) is 5.10 Å². The Morgan fingerprint density at radius 3 is 2.26 bits per heavy atom. The molecule has 35 heavy (non-hydrogen) atoms. The zero-order chi connectivity index (χ0) is 25.1. The average Bonchev–Trinajstić information content (AvgIpc) is 3.38. The van der Waals surface area contributed by atoms with Crippen molar-refractivity contribution >= 4 is 17.7 Å². The van der Waals surface area contributed by atoms with Crippen LogP contribution in [-0.2, 0) is 9.53 Å². The number of ketones is 1. The molecule has 2 aromatic carbocycles. The summed E-state index contributed by atoms with van der Waals surface area (Å²) in [6.07, 6.45) is 0. The Labute approximate surface area is 200 Å². The van der Waals surface area contributed by atoms with E-state index in [-0.39, 0.29) is 22.8 Å². The van der Waals surface area contributed by atoms with Crippen molar-refractivity contribution in [2.75, 3.05) is 40.9 Å². The second kappa shape index (κ2) is 9.71. The number of anilines is 1. The van der Waals surface area contributed by atoms with E-state index in [4.69, 9.17) is 23.7 Å². The number of hydrogen-bond acceptors (Lipinski definition) is 11. The van der Waals surface area contributed by atoms with Crippen molar-refractivity contribution in [3.05, 3.63) is 58.8 Å². The Morgan fingerprint density at radius 2 is 1.60 bits per heavy atom. The van der Waals surface area contributed by atoms with Crippen molar-refractivity contribution in [1.82, 2.24) is 20.2 Å². The number of nitrogens with one attached hydrogen (secondary N) is 1. The summed E-state index contributed by atoms with van der Waals surface area (Å²) in [4.78, 5) is 26.9. The number of esters is 1. The molecule has 0 aliphatic carbocycles. The Hall–Kier alpha value is -4.61. The van der Waals surface area contributed by atoms with Gasteiger partial charge >= 0.3 is 5.97 Å². The predicted octanol–water partition coefficient (Wildman–Crippen LogP) is 2.03. The minimum Gasteiger partial charge on any atom is -0.497 e. The molecule has 0 spiro atoms. The first kappa shape index (κ1) is 23.5. The van der Waals surface area contributed by atoms with E-state index in [1.165, 1.54) is 46.3 Å². The van der Waals surface area contributed by atoms with Gasteiger partial charge in [-0.05, 0) is 46.8 Å². The lowest BCUT2D eigenvalue weighted by Gasteiger charge is -2.29. The number of tetrazole rings is 1. The van der Waals surface area contributed by atoms with Crippen LogP contribution in [0.5, 0.6) is 23.0 Å². The molecular formula is C23H23N5O7. The number of fused-ring (bicyclic) bond motifs is 1. The van der Waals surface area contributed by atoms with Gasteiger partial charge in [0.15, 0.2) is 17.3 Å². The maximum Gasteiger partial charge on any atom is 0.355 e. The first-order valence-corrected chi connectivity index (χ1v) is 10.3. The fourth-order valence-electron chi connectivity index (χ4n) is 3.86. The third-order valence-corrected chi connectivity index (χ3v) is 5.53. The minimum atomic E-state index is -0.957. The number of nitrogens with zero attached hydrogens (tertiary/aromatic N) is 4. The molecule has 2 heterocycles. The zero-order valence-corrected chi connectivity index (χ0v) is 19.7. The van der Waals surface area contributed by atoms with Gasteiger partial charge in [0.25, 0.3) is 0 Å². The van der Waals surface area contributed by atoms with Gasteiger partial charge in [0.2, 0.25) is 5.95 Å². The van der Waals surface area contributed by atoms with E-state index in [0.29, 0.717) is 28.6 Å². The lowest BCUT2D eigenvalue weighted by atomic mass is 9.88. The Kier molecular flexibility index (Phi) is 6.53. The maximum absolute atomic E-state index is 14.0. The van der Waals surface area contributed by atoms with Crippen LogP contribution in [0.2, 0.25) is 0 Å². The molecule has 0 unspecified atom stereocenters. The first-order chi connectivity index (χ1) is 17.0. The summed E-state index contributed by atoms with van der Waals surface area (Å²) in [5.41, 5.74) is 0.663. The van der Waals surface area contributed by atoms with Crippen molar-refractivity contribution in [1.29, 1.82) is 0 Å². The minimum absolute atomic E-state index is 0.0374. The third kappa shape index (κ3) is 4.09. The lowest BCUT2D eigenvalue weighted by molar-refractivity contribution is -0.136. The van der Waals surface area contributed by atoms with Crippen LogP contribution in [0.1, 0.15) is 22.0 Å². The number of rotatable bonds is 8. The number of aromatic nitrogens is 4. The number of Topliss-reactive ketones (excluding diaryl/α,β-unsaturated/α-hetero) is 1. The van der Waals surface area contributed by atoms with Gasteiger partial charge in [0.1, 0.15) is 23.2 Å². The molecule has 1 atom stereocenters. The van der Waals surface area contributed by atoms with E-state index < -0.39 is 17.8 Å². The molecule has 182 valence electrons. The molecule has 0 bridgehead atoms. The fourth-order valence-corrected chi connectivity index (χ4v) is 3.86. The number of hydrogen-bond donors (Lipinski definition) is 1. The normalized spacial score (nSPS) is 14.5. The van der Waals surface area contributed by atoms with Crippen LogP contribution in [0.15, 0.2) is 47.7 Å². The molecule has 1 N–H and O–H groups in total. The van der Waals surface area contributed by atoms with Crippen molar-refractivity contribution in [3.8, 4) is 23.0 Å². The lowest BCUT2D eigenvalue weighted by Crippen LogP contribution is -2.33. The van der Waals surface area contributed by atoms with Crippen LogP contribution in [0, 0.1) is 0 Å². The summed E-state index contributed by atoms with van der Waals surface area (Å²) < 4.78 is 28.0. The van der Waals surface area contributed by atoms with Crippen LogP contribution in [0.3, 0.4) is 0 Å². The van der Waals surface area contributed by atoms with Gasteiger partial charge in [0.05, 0.1) is 41.1 Å². The van der Waals surface area contributed by atoms with E-state index in [0.717, 1.165) is 0 Å². The number of ether oxygens (including phenoxy) is 5. The van der Waals surface area contributed by atoms with E-state index >= 15 is 0 Å². The van der Waals surface area contributed by atoms with Gasteiger partial charge in [-0.2, -0.15) is 4.68 Å². The number of carbonyl (C=O) groups is 2. The summed E-state index contributed by atoms with van der Waals surface area (Å²) in [6.45, 7) is 0. The van der Waals surface area contributed by atoms with Crippen molar-refractivity contribution in [2.45, 2.75) is 6.04 Å². The quantitative estimate of drug-likeness (QED) is 0.374. The molecular weight excluding hydrogens is 458 g/mol. The first-order valence-electron chi connectivity index (χ1n) is 10.3. The maximum atomic E-state index is 14.0. The zero-order valence-electron chi connectivity index (χ0n) is 19.7. The highest BCUT2D eigenvalue weighted by molar-refractivity contribution is 6.15. The van der Waals surface area contributed by atoms with E-state index in [9.17, 15) is 9.59 Å². The topological polar surface area (TPSA) is 136 Å². The SMILES string of the molecule is COC(=O)C1=C(C(=O)c2ccc(OC)c(OC)c2)[C@H](c2cc(OC)ccc2OC)n2nnnc2N1. The molecule has 1 aliphatic rings. The summed E-state index contributed by atoms with van der Waals surface area (Å²) in [5, 5.41) is 14.6. The summed E-state index contributed by atoms with van der Waals surface area (Å²) >= 11 is 0. The highest BCUT2D eigenvalue weighted by Gasteiger charge is 2.40. The molecule has 4 rings (SSSR count). The summed E-state index contributed by atoms with van der Waals surface area (Å²) in [7, 11) is 7.18. The Bertz CT molecular complexity index is 1320. The number of allylic oxidation sites excluding steroid dienone is 1. The fraction of sp³-hybridized carbons (Fsp3) is 0.261. The molecule has 0 radical (unpaired) electrons. The third-order valence-electron chi connectivity index (χ3n) is 5.53. The van der Waals surface area contributed by atoms with Gasteiger partial charge < -0.3 is 29.0 Å². The second-order valence-electron chi connectivity index (χ2n) is 7.26. The molecule has 3 aromatic rings. The molecule has 0 amide bonds. The smallest absolute Gasteiger partial charge is 0.355 e. The molecule has 1 aliphatic heterocycles. The van der Waals surface area contributed by atoms with Crippen LogP contribution in [0.25, 0.3) is 0 Å². The van der Waals surface area contributed by atoms with E-state index in [2.05, 4.69) is 20.8 Å². The van der Waals surface area contributed by atoms with Gasteiger partial charge in [-0.25, -0.2) is 4.79 Å². The van der Waals surface area contributed by atoms with Crippen LogP contribution in [-0.4, -0.2) is 67.5 Å². The number of methoxy groups -OCH3 is 5. The number of carbonyl (C=O) groups excluding carboxylic acids is 2. The van der Waals surface area contributed by atoms with Gasteiger partial charge in [-0.15, -0.1) is 0 Å². The van der Waals surface area contributed by atoms with Crippen LogP contribution >= 0.6 is 0 Å². The highest BCUT2D eigenvalue weighted by Crippen LogP contribution is 2.42. The molecule has 1 aromatic heterocycles. The van der Waals surface area contributed by atoms with Crippen molar-refractivity contribution in [2.24, 2.45) is 0 Å². The summed E-state index contributed by atoms with van der Waals surface area (Å²) in [6, 6.07) is 8.84. The largest absolute Gasteiger partial charge is 0.497 e. The van der Waals surface area contributed by atoms with Gasteiger partial charge in [0, 0.05) is 11.1 Å². The standard InChI is InChI=1S/C23H23N5O7/c1-31-13-7-9-15(32-2)14(11-13)20-18(19(22(30)35-5)24-23-25-26-27-28(20)23)21(29)12-6-8-16(33-3)17(10-12)34-4/h6-11,20H,1-5H3,(H,24,25,27)/t20-/m0/s1. The summed E-state index contributed by atoms with van der Waals surface area (Å²) in [5.74, 6) is 0.615. The molecule has 12 heteroatoms. The molecule has 12 nitrogen and oxygen atoms in total. The van der Waals surface area contributed by atoms with Crippen molar-refractivity contribution in [3.63, 3.8) is 0 Å². The Morgan fingerprint density at radius 1 is 0.886 bits per heavy atom. The highest BCUT2D eigenvalue weighted by atomic mass is 16.5. The molecule has 0 saturated carbocycles. The van der Waals surface area contributed by atoms with Crippen LogP contribution < -0.4 is 24.3 Å². The number of benzene rings is 2. The molecule has 0 fully saturated rings. The Balaban J connectivity index is 1.99. The van der Waals surface area contributed by atoms with E-state index in [1.807, 2.05) is 0 Å². The van der Waals surface area contributed by atoms with Crippen molar-refractivity contribution < 1.29 is 33.3 Å². The van der Waals surface area contributed by atoms with Gasteiger partial charge in [-0.3, -0.25) is 4.79 Å². The predicted molar refractivity (Wildman–Crippen MR) is 122 cm³/mol. The molecule has 0 saturated heterocycles. The average molecular weight is 481 g/mol. The second-order valence-corrected chi connectivity index (χ2v) is 7.26.